The number of rotatable bonds is 2. The van der Waals surface area contributed by atoms with Crippen LogP contribution in [0.4, 0.5) is 0 Å². The predicted molar refractivity (Wildman–Crippen MR) is 37.6 cm³/mol. The molecule has 0 aliphatic heterocycles. The van der Waals surface area contributed by atoms with Crippen molar-refractivity contribution in [1.82, 2.24) is 0 Å². The SMILES string of the molecule is CCOc1ccccc1.[Ti]. The summed E-state index contributed by atoms with van der Waals surface area (Å²) in [4.78, 5) is 0. The summed E-state index contributed by atoms with van der Waals surface area (Å²) in [5, 5.41) is 0. The molecular weight excluding hydrogens is 160 g/mol. The zero-order valence-electron chi connectivity index (χ0n) is 6.00. The van der Waals surface area contributed by atoms with E-state index in [1.807, 2.05) is 37.3 Å². The molecule has 1 aromatic rings. The maximum absolute atomic E-state index is 5.21. The van der Waals surface area contributed by atoms with E-state index in [9.17, 15) is 0 Å². The fourth-order valence-corrected chi connectivity index (χ4v) is 0.683. The zero-order chi connectivity index (χ0) is 6.53. The molecule has 10 heavy (non-hydrogen) atoms. The molecule has 0 saturated heterocycles. The summed E-state index contributed by atoms with van der Waals surface area (Å²) in [7, 11) is 0. The quantitative estimate of drug-likeness (QED) is 0.617. The summed E-state index contributed by atoms with van der Waals surface area (Å²) in [6.07, 6.45) is 0. The van der Waals surface area contributed by atoms with Crippen LogP contribution in [0.5, 0.6) is 5.75 Å². The van der Waals surface area contributed by atoms with E-state index >= 15 is 0 Å². The van der Waals surface area contributed by atoms with Gasteiger partial charge in [0.15, 0.2) is 0 Å². The molecule has 1 aromatic carbocycles. The summed E-state index contributed by atoms with van der Waals surface area (Å²) in [5.41, 5.74) is 0. The molecule has 0 bridgehead atoms. The molecular formula is C8H10OTi. The largest absolute Gasteiger partial charge is 0.494 e. The maximum Gasteiger partial charge on any atom is 0.119 e. The van der Waals surface area contributed by atoms with Crippen LogP contribution < -0.4 is 4.74 Å². The van der Waals surface area contributed by atoms with Gasteiger partial charge in [-0.25, -0.2) is 0 Å². The van der Waals surface area contributed by atoms with E-state index in [0.29, 0.717) is 0 Å². The van der Waals surface area contributed by atoms with Gasteiger partial charge in [0, 0.05) is 21.7 Å². The Balaban J connectivity index is 0.000000810. The van der Waals surface area contributed by atoms with Crippen molar-refractivity contribution in [2.24, 2.45) is 0 Å². The van der Waals surface area contributed by atoms with E-state index in [-0.39, 0.29) is 21.7 Å². The van der Waals surface area contributed by atoms with Crippen LogP contribution in [-0.2, 0) is 21.7 Å². The van der Waals surface area contributed by atoms with Gasteiger partial charge in [-0.15, -0.1) is 0 Å². The van der Waals surface area contributed by atoms with E-state index in [1.165, 1.54) is 0 Å². The van der Waals surface area contributed by atoms with Crippen molar-refractivity contribution < 1.29 is 26.5 Å². The third-order valence-electron chi connectivity index (χ3n) is 1.05. The van der Waals surface area contributed by atoms with Crippen molar-refractivity contribution in [3.63, 3.8) is 0 Å². The first-order valence-corrected chi connectivity index (χ1v) is 3.11. The van der Waals surface area contributed by atoms with Gasteiger partial charge in [0.2, 0.25) is 0 Å². The van der Waals surface area contributed by atoms with E-state index in [0.717, 1.165) is 12.4 Å². The molecule has 2 heteroatoms. The summed E-state index contributed by atoms with van der Waals surface area (Å²) >= 11 is 0. The molecule has 1 nitrogen and oxygen atoms in total. The molecule has 0 radical (unpaired) electrons. The minimum absolute atomic E-state index is 0. The molecule has 0 N–H and O–H groups in total. The number of para-hydroxylation sites is 1. The monoisotopic (exact) mass is 170 g/mol. The van der Waals surface area contributed by atoms with Crippen LogP contribution >= 0.6 is 0 Å². The van der Waals surface area contributed by atoms with Crippen molar-refractivity contribution in [3.8, 4) is 5.75 Å². The molecule has 1 rings (SSSR count). The van der Waals surface area contributed by atoms with Crippen molar-refractivity contribution in [1.29, 1.82) is 0 Å². The Morgan fingerprint density at radius 3 is 2.30 bits per heavy atom. The van der Waals surface area contributed by atoms with Gasteiger partial charge in [0.25, 0.3) is 0 Å². The molecule has 0 spiro atoms. The predicted octanol–water partition coefficient (Wildman–Crippen LogP) is 2.08. The van der Waals surface area contributed by atoms with Crippen LogP contribution in [0.1, 0.15) is 6.92 Å². The Morgan fingerprint density at radius 2 is 1.80 bits per heavy atom. The Bertz CT molecular complexity index is 162. The van der Waals surface area contributed by atoms with Crippen molar-refractivity contribution in [3.05, 3.63) is 30.3 Å². The van der Waals surface area contributed by atoms with Gasteiger partial charge >= 0.3 is 0 Å². The minimum Gasteiger partial charge on any atom is -0.494 e. The fourth-order valence-electron chi connectivity index (χ4n) is 0.683. The molecule has 0 unspecified atom stereocenters. The normalized spacial score (nSPS) is 8.10. The second-order valence-corrected chi connectivity index (χ2v) is 1.75. The van der Waals surface area contributed by atoms with Gasteiger partial charge in [-0.05, 0) is 19.1 Å². The Morgan fingerprint density at radius 1 is 1.20 bits per heavy atom. The Kier molecular flexibility index (Phi) is 5.37. The van der Waals surface area contributed by atoms with Gasteiger partial charge < -0.3 is 4.74 Å². The maximum atomic E-state index is 5.21. The molecule has 0 amide bonds. The van der Waals surface area contributed by atoms with Crippen molar-refractivity contribution in [2.75, 3.05) is 6.61 Å². The second-order valence-electron chi connectivity index (χ2n) is 1.75. The van der Waals surface area contributed by atoms with E-state index in [2.05, 4.69) is 0 Å². The standard InChI is InChI=1S/C8H10O.Ti/c1-2-9-8-6-4-3-5-7-8;/h3-7H,2H2,1H3;. The van der Waals surface area contributed by atoms with Gasteiger partial charge in [-0.2, -0.15) is 0 Å². The van der Waals surface area contributed by atoms with Crippen LogP contribution in [0.25, 0.3) is 0 Å². The number of hydrogen-bond acceptors (Lipinski definition) is 1. The van der Waals surface area contributed by atoms with E-state index < -0.39 is 0 Å². The van der Waals surface area contributed by atoms with E-state index in [4.69, 9.17) is 4.74 Å². The fraction of sp³-hybridized carbons (Fsp3) is 0.250. The summed E-state index contributed by atoms with van der Waals surface area (Å²) in [6.45, 7) is 2.72. The van der Waals surface area contributed by atoms with Crippen LogP contribution in [0.2, 0.25) is 0 Å². The third-order valence-corrected chi connectivity index (χ3v) is 1.05. The molecule has 52 valence electrons. The van der Waals surface area contributed by atoms with Crippen LogP contribution in [0, 0.1) is 0 Å². The first-order chi connectivity index (χ1) is 4.43. The minimum atomic E-state index is 0. The zero-order valence-corrected chi connectivity index (χ0v) is 7.56. The van der Waals surface area contributed by atoms with Gasteiger partial charge in [0.1, 0.15) is 5.75 Å². The molecule has 0 fully saturated rings. The number of ether oxygens (including phenoxy) is 1. The average molecular weight is 170 g/mol. The van der Waals surface area contributed by atoms with Crippen LogP contribution in [-0.4, -0.2) is 6.61 Å². The third kappa shape index (κ3) is 3.04. The van der Waals surface area contributed by atoms with Crippen LogP contribution in [0.3, 0.4) is 0 Å². The Hall–Kier alpha value is -0.266. The van der Waals surface area contributed by atoms with E-state index in [1.54, 1.807) is 0 Å². The summed E-state index contributed by atoms with van der Waals surface area (Å²) in [6, 6.07) is 9.80. The van der Waals surface area contributed by atoms with Crippen LogP contribution in [0.15, 0.2) is 30.3 Å². The van der Waals surface area contributed by atoms with Crippen molar-refractivity contribution in [2.45, 2.75) is 6.92 Å². The molecule has 0 saturated carbocycles. The van der Waals surface area contributed by atoms with Gasteiger partial charge in [-0.1, -0.05) is 18.2 Å². The average Bonchev–Trinajstić information content (AvgIpc) is 1.91. The smallest absolute Gasteiger partial charge is 0.119 e. The van der Waals surface area contributed by atoms with Crippen molar-refractivity contribution >= 4 is 0 Å². The second kappa shape index (κ2) is 5.51. The first-order valence-electron chi connectivity index (χ1n) is 3.11. The molecule has 0 aliphatic carbocycles. The summed E-state index contributed by atoms with van der Waals surface area (Å²) < 4.78 is 5.21. The van der Waals surface area contributed by atoms with Gasteiger partial charge in [-0.3, -0.25) is 0 Å². The topological polar surface area (TPSA) is 9.23 Å². The molecule has 0 aliphatic rings. The Labute approximate surface area is 76.3 Å². The number of hydrogen-bond donors (Lipinski definition) is 0. The molecule has 0 aromatic heterocycles. The number of benzene rings is 1. The first kappa shape index (κ1) is 9.73. The van der Waals surface area contributed by atoms with Gasteiger partial charge in [0.05, 0.1) is 6.61 Å². The molecule has 0 heterocycles. The summed E-state index contributed by atoms with van der Waals surface area (Å²) in [5.74, 6) is 0.944. The molecule has 0 atom stereocenters.